The van der Waals surface area contributed by atoms with Gasteiger partial charge in [0.25, 0.3) is 5.91 Å². The molecule has 2 heterocycles. The summed E-state index contributed by atoms with van der Waals surface area (Å²) in [6, 6.07) is 18.0. The van der Waals surface area contributed by atoms with Crippen molar-refractivity contribution >= 4 is 39.9 Å². The van der Waals surface area contributed by atoms with E-state index in [9.17, 15) is 9.59 Å². The third-order valence-electron chi connectivity index (χ3n) is 4.52. The number of imidazole rings is 1. The Kier molecular flexibility index (Phi) is 5.39. The molecule has 0 unspecified atom stereocenters. The number of fused-ring (bicyclic) bond motifs is 1. The number of aromatic amines is 1. The fraction of sp³-hybridized carbons (Fsp3) is 0.136. The molecule has 0 saturated carbocycles. The first-order valence-corrected chi connectivity index (χ1v) is 10.1. The zero-order valence-corrected chi connectivity index (χ0v) is 16.6. The third-order valence-corrected chi connectivity index (χ3v) is 5.39. The number of carbonyl (C=O) groups is 2. The largest absolute Gasteiger partial charge is 0.342 e. The second kappa shape index (κ2) is 8.28. The molecule has 0 radical (unpaired) electrons. The summed E-state index contributed by atoms with van der Waals surface area (Å²) in [7, 11) is 0. The fourth-order valence-electron chi connectivity index (χ4n) is 3.14. The van der Waals surface area contributed by atoms with Crippen LogP contribution in [0, 0.1) is 6.92 Å². The van der Waals surface area contributed by atoms with E-state index in [-0.39, 0.29) is 11.8 Å². The molecule has 0 spiro atoms. The number of rotatable bonds is 6. The first-order chi connectivity index (χ1) is 14.1. The number of amides is 2. The second-order valence-electron chi connectivity index (χ2n) is 6.74. The lowest BCUT2D eigenvalue weighted by Gasteiger charge is -2.18. The highest BCUT2D eigenvalue weighted by molar-refractivity contribution is 7.12. The summed E-state index contributed by atoms with van der Waals surface area (Å²) in [5.41, 5.74) is 3.31. The van der Waals surface area contributed by atoms with Crippen LogP contribution in [0.2, 0.25) is 0 Å². The van der Waals surface area contributed by atoms with Crippen LogP contribution in [0.1, 0.15) is 21.1 Å². The van der Waals surface area contributed by atoms with Gasteiger partial charge in [0.15, 0.2) is 0 Å². The molecule has 2 amide bonds. The number of hydrogen-bond acceptors (Lipinski definition) is 4. The highest BCUT2D eigenvalue weighted by Crippen LogP contribution is 2.18. The van der Waals surface area contributed by atoms with Gasteiger partial charge in [-0.3, -0.25) is 9.59 Å². The first-order valence-electron chi connectivity index (χ1n) is 9.24. The number of hydrogen-bond donors (Lipinski definition) is 3. The molecule has 7 heteroatoms. The van der Waals surface area contributed by atoms with Crippen molar-refractivity contribution in [1.29, 1.82) is 0 Å². The molecule has 0 aliphatic heterocycles. The third kappa shape index (κ3) is 4.52. The van der Waals surface area contributed by atoms with Gasteiger partial charge in [-0.05, 0) is 42.1 Å². The zero-order valence-electron chi connectivity index (χ0n) is 15.8. The van der Waals surface area contributed by atoms with Gasteiger partial charge in [0.05, 0.1) is 15.9 Å². The van der Waals surface area contributed by atoms with Crippen LogP contribution in [-0.2, 0) is 11.2 Å². The van der Waals surface area contributed by atoms with Crippen LogP contribution in [0.3, 0.4) is 0 Å². The Bertz CT molecular complexity index is 1140. The number of nitrogens with one attached hydrogen (secondary N) is 3. The summed E-state index contributed by atoms with van der Waals surface area (Å²) in [6.07, 6.45) is 0.398. The van der Waals surface area contributed by atoms with Gasteiger partial charge in [-0.25, -0.2) is 4.98 Å². The Hall–Kier alpha value is -3.45. The summed E-state index contributed by atoms with van der Waals surface area (Å²) in [4.78, 5) is 33.7. The van der Waals surface area contributed by atoms with Crippen LogP contribution >= 0.6 is 11.3 Å². The van der Waals surface area contributed by atoms with Gasteiger partial charge in [0, 0.05) is 12.1 Å². The van der Waals surface area contributed by atoms with E-state index in [2.05, 4.69) is 20.6 Å². The Morgan fingerprint density at radius 3 is 2.69 bits per heavy atom. The Labute approximate surface area is 172 Å². The van der Waals surface area contributed by atoms with Crippen LogP contribution in [0.4, 0.5) is 5.69 Å². The lowest BCUT2D eigenvalue weighted by molar-refractivity contribution is -0.118. The summed E-state index contributed by atoms with van der Waals surface area (Å²) < 4.78 is 0. The number of benzene rings is 2. The Morgan fingerprint density at radius 2 is 1.93 bits per heavy atom. The molecule has 2 aromatic heterocycles. The average molecular weight is 404 g/mol. The van der Waals surface area contributed by atoms with E-state index in [1.807, 2.05) is 60.8 Å². The van der Waals surface area contributed by atoms with Gasteiger partial charge in [-0.2, -0.15) is 0 Å². The molecule has 0 aliphatic rings. The van der Waals surface area contributed by atoms with Crippen molar-refractivity contribution in [1.82, 2.24) is 15.3 Å². The molecule has 0 bridgehead atoms. The summed E-state index contributed by atoms with van der Waals surface area (Å²) in [5, 5.41) is 7.62. The number of aromatic nitrogens is 2. The van der Waals surface area contributed by atoms with Crippen molar-refractivity contribution < 1.29 is 9.59 Å². The van der Waals surface area contributed by atoms with E-state index in [0.717, 1.165) is 22.4 Å². The van der Waals surface area contributed by atoms with Crippen LogP contribution in [0.15, 0.2) is 66.0 Å². The first kappa shape index (κ1) is 18.9. The SMILES string of the molecule is Cc1nc2ccc(NC(=O)[C@H](Cc3ccccc3)NC(=O)c3cccs3)cc2[nH]1. The van der Waals surface area contributed by atoms with E-state index in [1.54, 1.807) is 12.1 Å². The van der Waals surface area contributed by atoms with E-state index in [0.29, 0.717) is 17.0 Å². The molecular weight excluding hydrogens is 384 g/mol. The molecule has 4 rings (SSSR count). The fourth-order valence-corrected chi connectivity index (χ4v) is 3.77. The second-order valence-corrected chi connectivity index (χ2v) is 7.68. The van der Waals surface area contributed by atoms with E-state index in [4.69, 9.17) is 0 Å². The van der Waals surface area contributed by atoms with Crippen LogP contribution in [0.25, 0.3) is 11.0 Å². The van der Waals surface area contributed by atoms with E-state index in [1.165, 1.54) is 11.3 Å². The normalized spacial score (nSPS) is 11.9. The highest BCUT2D eigenvalue weighted by atomic mass is 32.1. The van der Waals surface area contributed by atoms with Crippen molar-refractivity contribution in [2.45, 2.75) is 19.4 Å². The van der Waals surface area contributed by atoms with Gasteiger partial charge < -0.3 is 15.6 Å². The monoisotopic (exact) mass is 404 g/mol. The van der Waals surface area contributed by atoms with Crippen LogP contribution in [0.5, 0.6) is 0 Å². The minimum atomic E-state index is -0.703. The molecule has 2 aromatic carbocycles. The molecular formula is C22H20N4O2S. The van der Waals surface area contributed by atoms with Crippen LogP contribution < -0.4 is 10.6 Å². The Balaban J connectivity index is 1.54. The van der Waals surface area contributed by atoms with Gasteiger partial charge in [-0.1, -0.05) is 36.4 Å². The van der Waals surface area contributed by atoms with Crippen molar-refractivity contribution in [3.63, 3.8) is 0 Å². The maximum Gasteiger partial charge on any atom is 0.262 e. The molecule has 1 atom stereocenters. The highest BCUT2D eigenvalue weighted by Gasteiger charge is 2.22. The number of nitrogens with zero attached hydrogens (tertiary/aromatic N) is 1. The zero-order chi connectivity index (χ0) is 20.2. The lowest BCUT2D eigenvalue weighted by Crippen LogP contribution is -2.45. The predicted octanol–water partition coefficient (Wildman–Crippen LogP) is 3.91. The van der Waals surface area contributed by atoms with Gasteiger partial charge >= 0.3 is 0 Å². The molecule has 3 N–H and O–H groups in total. The van der Waals surface area contributed by atoms with E-state index < -0.39 is 6.04 Å². The van der Waals surface area contributed by atoms with Crippen molar-refractivity contribution in [3.8, 4) is 0 Å². The maximum absolute atomic E-state index is 13.0. The van der Waals surface area contributed by atoms with Gasteiger partial charge in [0.2, 0.25) is 5.91 Å². The quantitative estimate of drug-likeness (QED) is 0.455. The molecule has 0 saturated heterocycles. The molecule has 29 heavy (non-hydrogen) atoms. The summed E-state index contributed by atoms with van der Waals surface area (Å²) >= 11 is 1.34. The van der Waals surface area contributed by atoms with Gasteiger partial charge in [-0.15, -0.1) is 11.3 Å². The minimum Gasteiger partial charge on any atom is -0.342 e. The predicted molar refractivity (Wildman–Crippen MR) is 115 cm³/mol. The number of H-pyrrole nitrogens is 1. The number of anilines is 1. The average Bonchev–Trinajstić information content (AvgIpc) is 3.37. The number of carbonyl (C=O) groups excluding carboxylic acids is 2. The maximum atomic E-state index is 13.0. The molecule has 146 valence electrons. The number of thiophene rings is 1. The van der Waals surface area contributed by atoms with Crippen molar-refractivity contribution in [2.75, 3.05) is 5.32 Å². The minimum absolute atomic E-state index is 0.254. The standard InChI is InChI=1S/C22H20N4O2S/c1-14-23-17-10-9-16(13-18(17)24-14)25-21(27)19(12-15-6-3-2-4-7-15)26-22(28)20-8-5-11-29-20/h2-11,13,19H,12H2,1H3,(H,23,24)(H,25,27)(H,26,28)/t19-/m0/s1. The molecule has 6 nitrogen and oxygen atoms in total. The molecule has 0 aliphatic carbocycles. The van der Waals surface area contributed by atoms with Crippen molar-refractivity contribution in [3.05, 3.63) is 82.3 Å². The summed E-state index contributed by atoms with van der Waals surface area (Å²) in [6.45, 7) is 1.88. The van der Waals surface area contributed by atoms with Crippen molar-refractivity contribution in [2.24, 2.45) is 0 Å². The topological polar surface area (TPSA) is 86.9 Å². The molecule has 4 aromatic rings. The van der Waals surface area contributed by atoms with Gasteiger partial charge in [0.1, 0.15) is 11.9 Å². The Morgan fingerprint density at radius 1 is 1.10 bits per heavy atom. The molecule has 0 fully saturated rings. The smallest absolute Gasteiger partial charge is 0.262 e. The summed E-state index contributed by atoms with van der Waals surface area (Å²) in [5.74, 6) is 0.290. The lowest BCUT2D eigenvalue weighted by atomic mass is 10.0. The number of aryl methyl sites for hydroxylation is 1. The van der Waals surface area contributed by atoms with E-state index >= 15 is 0 Å². The van der Waals surface area contributed by atoms with Crippen LogP contribution in [-0.4, -0.2) is 27.8 Å².